The summed E-state index contributed by atoms with van der Waals surface area (Å²) in [5, 5.41) is 0. The Balaban J connectivity index is 2.08. The van der Waals surface area contributed by atoms with E-state index in [1.54, 1.807) is 18.7 Å². The Hall–Kier alpha value is -2.14. The van der Waals surface area contributed by atoms with Gasteiger partial charge in [-0.3, -0.25) is 9.69 Å². The van der Waals surface area contributed by atoms with Gasteiger partial charge in [-0.25, -0.2) is 0 Å². The number of benzene rings is 2. The molecule has 4 nitrogen and oxygen atoms in total. The molecule has 5 heteroatoms. The van der Waals surface area contributed by atoms with E-state index in [-0.39, 0.29) is 5.91 Å². The summed E-state index contributed by atoms with van der Waals surface area (Å²) in [6.45, 7) is 14.2. The van der Waals surface area contributed by atoms with Crippen LogP contribution in [0.5, 0.6) is 0 Å². The molecule has 3 rings (SSSR count). The summed E-state index contributed by atoms with van der Waals surface area (Å²) in [6.07, 6.45) is 0. The van der Waals surface area contributed by atoms with E-state index in [4.69, 9.17) is 0 Å². The lowest BCUT2D eigenvalue weighted by Crippen LogP contribution is -2.27. The topological polar surface area (TPSA) is 26.8 Å². The summed E-state index contributed by atoms with van der Waals surface area (Å²) < 4.78 is 0. The van der Waals surface area contributed by atoms with E-state index in [1.807, 2.05) is 4.90 Å². The molecule has 0 saturated heterocycles. The summed E-state index contributed by atoms with van der Waals surface area (Å²) in [4.78, 5) is 21.3. The smallest absolute Gasteiger partial charge is 0.228 e. The molecule has 0 unspecified atom stereocenters. The molecule has 0 spiro atoms. The molecule has 0 aliphatic carbocycles. The zero-order valence-corrected chi connectivity index (χ0v) is 17.8. The summed E-state index contributed by atoms with van der Waals surface area (Å²) in [5.74, 6) is 0.0454. The molecule has 144 valence electrons. The molecule has 2 aromatic rings. The lowest BCUT2D eigenvalue weighted by molar-refractivity contribution is -0.115. The number of anilines is 4. The second-order valence-electron chi connectivity index (χ2n) is 6.61. The summed E-state index contributed by atoms with van der Waals surface area (Å²) in [5.41, 5.74) is 4.37. The Morgan fingerprint density at radius 2 is 1.22 bits per heavy atom. The maximum absolute atomic E-state index is 12.5. The van der Waals surface area contributed by atoms with Crippen molar-refractivity contribution in [2.24, 2.45) is 0 Å². The van der Waals surface area contributed by atoms with E-state index < -0.39 is 0 Å². The average Bonchev–Trinajstić information content (AvgIpc) is 2.67. The molecule has 1 aliphatic heterocycles. The maximum Gasteiger partial charge on any atom is 0.228 e. The first-order valence-corrected chi connectivity index (χ1v) is 10.6. The maximum atomic E-state index is 12.5. The molecule has 0 atom stereocenters. The highest BCUT2D eigenvalue weighted by Crippen LogP contribution is 2.50. The van der Waals surface area contributed by atoms with Crippen LogP contribution in [0.1, 0.15) is 34.6 Å². The normalized spacial score (nSPS) is 12.4. The summed E-state index contributed by atoms with van der Waals surface area (Å²) >= 11 is 1.76. The Morgan fingerprint density at radius 1 is 0.815 bits per heavy atom. The van der Waals surface area contributed by atoms with Crippen molar-refractivity contribution < 1.29 is 4.79 Å². The highest BCUT2D eigenvalue weighted by atomic mass is 32.2. The van der Waals surface area contributed by atoms with Crippen LogP contribution in [0, 0.1) is 0 Å². The Bertz CT molecular complexity index is 767. The van der Waals surface area contributed by atoms with Crippen molar-refractivity contribution >= 4 is 40.4 Å². The Kier molecular flexibility index (Phi) is 6.00. The zero-order valence-electron chi connectivity index (χ0n) is 17.0. The van der Waals surface area contributed by atoms with Crippen molar-refractivity contribution in [1.82, 2.24) is 0 Å². The molecule has 0 N–H and O–H groups in total. The SMILES string of the molecule is CCN(CC)c1ccc2c(c1)Sc1cc(N(CC)CC)ccc1N2C(C)=O. The third-order valence-electron chi connectivity index (χ3n) is 5.16. The summed E-state index contributed by atoms with van der Waals surface area (Å²) in [7, 11) is 0. The molecule has 1 aliphatic rings. The van der Waals surface area contributed by atoms with Gasteiger partial charge in [0.1, 0.15) is 0 Å². The quantitative estimate of drug-likeness (QED) is 0.655. The van der Waals surface area contributed by atoms with Gasteiger partial charge in [0.15, 0.2) is 0 Å². The van der Waals surface area contributed by atoms with Crippen LogP contribution in [-0.4, -0.2) is 32.1 Å². The molecule has 2 aromatic carbocycles. The fourth-order valence-corrected chi connectivity index (χ4v) is 4.82. The van der Waals surface area contributed by atoms with Gasteiger partial charge in [-0.05, 0) is 64.1 Å². The molecule has 0 radical (unpaired) electrons. The highest BCUT2D eigenvalue weighted by Gasteiger charge is 2.27. The number of amides is 1. The third-order valence-corrected chi connectivity index (χ3v) is 6.25. The minimum Gasteiger partial charge on any atom is -0.372 e. The first kappa shape index (κ1) is 19.6. The predicted octanol–water partition coefficient (Wildman–Crippen LogP) is 5.53. The Labute approximate surface area is 167 Å². The second-order valence-corrected chi connectivity index (χ2v) is 7.69. The second kappa shape index (κ2) is 8.26. The van der Waals surface area contributed by atoms with E-state index in [2.05, 4.69) is 73.9 Å². The Morgan fingerprint density at radius 3 is 1.56 bits per heavy atom. The average molecular weight is 384 g/mol. The molecule has 0 fully saturated rings. The monoisotopic (exact) mass is 383 g/mol. The number of fused-ring (bicyclic) bond motifs is 2. The number of carbonyl (C=O) groups excluding carboxylic acids is 1. The van der Waals surface area contributed by atoms with Gasteiger partial charge in [-0.15, -0.1) is 0 Å². The van der Waals surface area contributed by atoms with Crippen LogP contribution in [0.2, 0.25) is 0 Å². The van der Waals surface area contributed by atoms with Gasteiger partial charge in [0, 0.05) is 54.3 Å². The first-order valence-electron chi connectivity index (χ1n) is 9.80. The molecular weight excluding hydrogens is 354 g/mol. The van der Waals surface area contributed by atoms with Gasteiger partial charge in [0.05, 0.1) is 11.4 Å². The van der Waals surface area contributed by atoms with Crippen LogP contribution in [-0.2, 0) is 4.79 Å². The van der Waals surface area contributed by atoms with Crippen molar-refractivity contribution in [3.63, 3.8) is 0 Å². The van der Waals surface area contributed by atoms with E-state index >= 15 is 0 Å². The molecule has 0 bridgehead atoms. The van der Waals surface area contributed by atoms with Crippen molar-refractivity contribution in [3.8, 4) is 0 Å². The van der Waals surface area contributed by atoms with Crippen LogP contribution >= 0.6 is 11.8 Å². The van der Waals surface area contributed by atoms with Gasteiger partial charge >= 0.3 is 0 Å². The van der Waals surface area contributed by atoms with Crippen LogP contribution in [0.4, 0.5) is 22.7 Å². The third kappa shape index (κ3) is 3.65. The minimum atomic E-state index is 0.0454. The van der Waals surface area contributed by atoms with Crippen LogP contribution in [0.3, 0.4) is 0 Å². The molecule has 0 aromatic heterocycles. The first-order chi connectivity index (χ1) is 13.0. The van der Waals surface area contributed by atoms with Gasteiger partial charge in [0.2, 0.25) is 5.91 Å². The predicted molar refractivity (Wildman–Crippen MR) is 117 cm³/mol. The number of rotatable bonds is 6. The minimum absolute atomic E-state index is 0.0454. The zero-order chi connectivity index (χ0) is 19.6. The number of hydrogen-bond acceptors (Lipinski definition) is 4. The largest absolute Gasteiger partial charge is 0.372 e. The molecule has 27 heavy (non-hydrogen) atoms. The number of hydrogen-bond donors (Lipinski definition) is 0. The van der Waals surface area contributed by atoms with Gasteiger partial charge in [0.25, 0.3) is 0 Å². The number of carbonyl (C=O) groups is 1. The standard InChI is InChI=1S/C22H29N3OS/c1-6-23(7-2)17-10-12-19-21(14-17)27-22-15-18(24(8-3)9-4)11-13-20(22)25(19)16(5)26/h10-15H,6-9H2,1-5H3. The fraction of sp³-hybridized carbons (Fsp3) is 0.409. The van der Waals surface area contributed by atoms with Crippen LogP contribution in [0.15, 0.2) is 46.2 Å². The molecular formula is C22H29N3OS. The van der Waals surface area contributed by atoms with Gasteiger partial charge in [-0.1, -0.05) is 11.8 Å². The lowest BCUT2D eigenvalue weighted by atomic mass is 10.1. The van der Waals surface area contributed by atoms with Crippen molar-refractivity contribution in [2.75, 3.05) is 40.9 Å². The van der Waals surface area contributed by atoms with E-state index in [0.717, 1.165) is 47.3 Å². The van der Waals surface area contributed by atoms with Gasteiger partial charge in [-0.2, -0.15) is 0 Å². The summed E-state index contributed by atoms with van der Waals surface area (Å²) in [6, 6.07) is 12.8. The molecule has 0 saturated carbocycles. The van der Waals surface area contributed by atoms with Crippen molar-refractivity contribution in [3.05, 3.63) is 36.4 Å². The van der Waals surface area contributed by atoms with E-state index in [0.29, 0.717) is 0 Å². The molecule has 1 heterocycles. The lowest BCUT2D eigenvalue weighted by Gasteiger charge is -2.33. The molecule has 1 amide bonds. The highest BCUT2D eigenvalue weighted by molar-refractivity contribution is 7.99. The van der Waals surface area contributed by atoms with Crippen LogP contribution in [0.25, 0.3) is 0 Å². The number of nitrogens with zero attached hydrogens (tertiary/aromatic N) is 3. The van der Waals surface area contributed by atoms with Crippen molar-refractivity contribution in [1.29, 1.82) is 0 Å². The van der Waals surface area contributed by atoms with Crippen molar-refractivity contribution in [2.45, 2.75) is 44.4 Å². The van der Waals surface area contributed by atoms with E-state index in [1.165, 1.54) is 11.4 Å². The van der Waals surface area contributed by atoms with Crippen LogP contribution < -0.4 is 14.7 Å². The van der Waals surface area contributed by atoms with Gasteiger partial charge < -0.3 is 9.80 Å². The van der Waals surface area contributed by atoms with E-state index in [9.17, 15) is 4.79 Å². The fourth-order valence-electron chi connectivity index (χ4n) is 3.70.